The number of carbonyl (C=O) groups excluding carboxylic acids is 2. The van der Waals surface area contributed by atoms with Crippen LogP contribution in [0.5, 0.6) is 29.0 Å². The van der Waals surface area contributed by atoms with Gasteiger partial charge in [0, 0.05) is 25.7 Å². The van der Waals surface area contributed by atoms with E-state index in [4.69, 9.17) is 19.5 Å². The van der Waals surface area contributed by atoms with Crippen LogP contribution in [0.2, 0.25) is 0 Å². The van der Waals surface area contributed by atoms with E-state index in [0.29, 0.717) is 36.9 Å². The molecule has 238 valence electrons. The number of halogens is 3. The third kappa shape index (κ3) is 10.3. The number of benzene rings is 2. The molecule has 0 atom stereocenters. The molecule has 0 saturated carbocycles. The number of nitrogens with zero attached hydrogens (tertiary/aromatic N) is 3. The maximum Gasteiger partial charge on any atom is 0.573 e. The van der Waals surface area contributed by atoms with Crippen LogP contribution in [0.4, 0.5) is 18.0 Å². The van der Waals surface area contributed by atoms with E-state index in [-0.39, 0.29) is 29.0 Å². The maximum absolute atomic E-state index is 13.6. The molecule has 0 unspecified atom stereocenters. The normalized spacial score (nSPS) is 13.8. The molecule has 2 aromatic carbocycles. The van der Waals surface area contributed by atoms with Crippen LogP contribution in [0.25, 0.3) is 0 Å². The number of carbonyl (C=O) groups is 2. The highest BCUT2D eigenvalue weighted by Crippen LogP contribution is 2.32. The predicted octanol–water partition coefficient (Wildman–Crippen LogP) is 7.20. The molecule has 13 heteroatoms. The van der Waals surface area contributed by atoms with E-state index < -0.39 is 23.8 Å². The molecule has 1 fully saturated rings. The lowest BCUT2D eigenvalue weighted by molar-refractivity contribution is -0.274. The van der Waals surface area contributed by atoms with Crippen molar-refractivity contribution >= 4 is 12.0 Å². The minimum Gasteiger partial charge on any atom is -0.444 e. The Balaban J connectivity index is 1.44. The van der Waals surface area contributed by atoms with Crippen LogP contribution >= 0.6 is 0 Å². The zero-order valence-electron chi connectivity index (χ0n) is 25.0. The number of amides is 2. The number of alkyl carbamates (subject to hydrolysis) is 1. The molecule has 1 aliphatic rings. The van der Waals surface area contributed by atoms with Gasteiger partial charge in [0.05, 0.1) is 11.6 Å². The highest BCUT2D eigenvalue weighted by atomic mass is 19.4. The van der Waals surface area contributed by atoms with E-state index in [1.807, 2.05) is 6.07 Å². The molecule has 45 heavy (non-hydrogen) atoms. The highest BCUT2D eigenvalue weighted by molar-refractivity contribution is 5.96. The fourth-order valence-corrected chi connectivity index (χ4v) is 4.55. The summed E-state index contributed by atoms with van der Waals surface area (Å²) in [4.78, 5) is 31.6. The lowest BCUT2D eigenvalue weighted by Gasteiger charge is -2.32. The van der Waals surface area contributed by atoms with Crippen molar-refractivity contribution in [3.05, 3.63) is 71.8 Å². The van der Waals surface area contributed by atoms with Crippen LogP contribution in [0.1, 0.15) is 56.0 Å². The number of hydrogen-bond acceptors (Lipinski definition) is 8. The van der Waals surface area contributed by atoms with Gasteiger partial charge in [0.2, 0.25) is 11.8 Å². The van der Waals surface area contributed by atoms with Crippen LogP contribution in [0.3, 0.4) is 0 Å². The number of ether oxygens (including phenoxy) is 4. The average Bonchev–Trinajstić information content (AvgIpc) is 2.97. The number of alkyl halides is 3. The summed E-state index contributed by atoms with van der Waals surface area (Å²) in [6.07, 6.45) is -3.03. The number of piperidine rings is 1. The quantitative estimate of drug-likeness (QED) is 0.265. The third-order valence-corrected chi connectivity index (χ3v) is 6.67. The Kier molecular flexibility index (Phi) is 10.4. The number of aromatic nitrogens is 1. The molecule has 1 aromatic heterocycles. The van der Waals surface area contributed by atoms with Crippen molar-refractivity contribution in [2.45, 2.75) is 52.0 Å². The van der Waals surface area contributed by atoms with E-state index in [0.717, 1.165) is 31.4 Å². The first-order valence-corrected chi connectivity index (χ1v) is 14.3. The Bertz CT molecular complexity index is 1510. The van der Waals surface area contributed by atoms with Gasteiger partial charge in [-0.05, 0) is 101 Å². The largest absolute Gasteiger partial charge is 0.573 e. The zero-order valence-corrected chi connectivity index (χ0v) is 25.0. The Morgan fingerprint density at radius 1 is 0.933 bits per heavy atom. The molecule has 2 amide bonds. The molecule has 1 N–H and O–H groups in total. The lowest BCUT2D eigenvalue weighted by atomic mass is 9.93. The summed E-state index contributed by atoms with van der Waals surface area (Å²) in [7, 11) is 0. The molecular weight excluding hydrogens is 593 g/mol. The molecule has 3 aromatic rings. The predicted molar refractivity (Wildman–Crippen MR) is 156 cm³/mol. The minimum absolute atomic E-state index is 0.0379. The third-order valence-electron chi connectivity index (χ3n) is 6.67. The van der Waals surface area contributed by atoms with Crippen molar-refractivity contribution < 1.29 is 41.7 Å². The molecule has 2 heterocycles. The van der Waals surface area contributed by atoms with Crippen molar-refractivity contribution in [1.82, 2.24) is 15.2 Å². The summed E-state index contributed by atoms with van der Waals surface area (Å²) in [6, 6.07) is 16.0. The van der Waals surface area contributed by atoms with Gasteiger partial charge in [-0.25, -0.2) is 4.79 Å². The van der Waals surface area contributed by atoms with E-state index >= 15 is 0 Å². The number of rotatable bonds is 9. The fourth-order valence-electron chi connectivity index (χ4n) is 4.55. The SMILES string of the molecule is CC(C)(C)OC(=O)NCCC1CCN(C(=O)c2ccc(Oc3ccc(OC(F)(F)F)cc3)nc2Oc2ccc(C#N)cc2)CC1. The Morgan fingerprint density at radius 3 is 2.13 bits per heavy atom. The first kappa shape index (κ1) is 32.9. The smallest absolute Gasteiger partial charge is 0.444 e. The van der Waals surface area contributed by atoms with Crippen LogP contribution < -0.4 is 19.5 Å². The Labute approximate surface area is 258 Å². The van der Waals surface area contributed by atoms with E-state index in [2.05, 4.69) is 15.0 Å². The number of likely N-dealkylation sites (tertiary alicyclic amines) is 1. The van der Waals surface area contributed by atoms with Gasteiger partial charge in [-0.2, -0.15) is 10.2 Å². The molecule has 0 spiro atoms. The van der Waals surface area contributed by atoms with E-state index in [9.17, 15) is 22.8 Å². The van der Waals surface area contributed by atoms with Gasteiger partial charge in [0.15, 0.2) is 0 Å². The second-order valence-electron chi connectivity index (χ2n) is 11.3. The summed E-state index contributed by atoms with van der Waals surface area (Å²) < 4.78 is 58.3. The Hall–Kier alpha value is -4.99. The monoisotopic (exact) mass is 626 g/mol. The lowest BCUT2D eigenvalue weighted by Crippen LogP contribution is -2.39. The van der Waals surface area contributed by atoms with E-state index in [1.54, 1.807) is 49.9 Å². The first-order valence-electron chi connectivity index (χ1n) is 14.3. The second kappa shape index (κ2) is 14.2. The summed E-state index contributed by atoms with van der Waals surface area (Å²) in [5.41, 5.74) is 0.0367. The van der Waals surface area contributed by atoms with Crippen molar-refractivity contribution in [3.63, 3.8) is 0 Å². The average molecular weight is 627 g/mol. The first-order chi connectivity index (χ1) is 21.3. The van der Waals surface area contributed by atoms with Gasteiger partial charge in [-0.15, -0.1) is 13.2 Å². The molecule has 0 bridgehead atoms. The summed E-state index contributed by atoms with van der Waals surface area (Å²) >= 11 is 0. The van der Waals surface area contributed by atoms with Gasteiger partial charge < -0.3 is 29.2 Å². The second-order valence-corrected chi connectivity index (χ2v) is 11.3. The van der Waals surface area contributed by atoms with Gasteiger partial charge in [0.25, 0.3) is 5.91 Å². The number of pyridine rings is 1. The summed E-state index contributed by atoms with van der Waals surface area (Å²) in [6.45, 7) is 6.87. The highest BCUT2D eigenvalue weighted by Gasteiger charge is 2.31. The fraction of sp³-hybridized carbons (Fsp3) is 0.375. The molecule has 0 aliphatic carbocycles. The van der Waals surface area contributed by atoms with E-state index in [1.165, 1.54) is 24.3 Å². The van der Waals surface area contributed by atoms with Crippen LogP contribution in [-0.4, -0.2) is 53.5 Å². The molecule has 0 radical (unpaired) electrons. The molecular formula is C32H33F3N4O6. The van der Waals surface area contributed by atoms with Crippen LogP contribution in [0, 0.1) is 17.2 Å². The number of nitriles is 1. The zero-order chi connectivity index (χ0) is 32.6. The standard InChI is InChI=1S/C32H33F3N4O6/c1-31(2,3)45-30(41)37-17-14-21-15-18-39(19-16-21)29(40)26-12-13-27(38-28(26)43-24-6-4-22(20-36)5-7-24)42-23-8-10-25(11-9-23)44-32(33,34)35/h4-13,21H,14-19H2,1-3H3,(H,37,41). The minimum atomic E-state index is -4.82. The topological polar surface area (TPSA) is 123 Å². The van der Waals surface area contributed by atoms with Crippen LogP contribution in [-0.2, 0) is 4.74 Å². The summed E-state index contributed by atoms with van der Waals surface area (Å²) in [5, 5.41) is 11.9. The molecule has 10 nitrogen and oxygen atoms in total. The van der Waals surface area contributed by atoms with Crippen molar-refractivity contribution in [1.29, 1.82) is 5.26 Å². The van der Waals surface area contributed by atoms with Crippen molar-refractivity contribution in [2.75, 3.05) is 19.6 Å². The van der Waals surface area contributed by atoms with Crippen molar-refractivity contribution in [3.8, 4) is 35.1 Å². The molecule has 1 aliphatic heterocycles. The van der Waals surface area contributed by atoms with Crippen molar-refractivity contribution in [2.24, 2.45) is 5.92 Å². The molecule has 4 rings (SSSR count). The van der Waals surface area contributed by atoms with Crippen LogP contribution in [0.15, 0.2) is 60.7 Å². The number of nitrogens with one attached hydrogen (secondary N) is 1. The van der Waals surface area contributed by atoms with Gasteiger partial charge in [0.1, 0.15) is 28.4 Å². The molecule has 1 saturated heterocycles. The van der Waals surface area contributed by atoms with Gasteiger partial charge in [-0.3, -0.25) is 4.79 Å². The Morgan fingerprint density at radius 2 is 1.53 bits per heavy atom. The van der Waals surface area contributed by atoms with Gasteiger partial charge in [-0.1, -0.05) is 0 Å². The number of hydrogen-bond donors (Lipinski definition) is 1. The van der Waals surface area contributed by atoms with Gasteiger partial charge >= 0.3 is 12.5 Å². The maximum atomic E-state index is 13.6. The summed E-state index contributed by atoms with van der Waals surface area (Å²) in [5.74, 6) is 0.133.